The molecule has 0 unspecified atom stereocenters. The molecular formula is C15H16N4O. The standard InChI is InChI=1S/C15H16N4O/c20-15(19-6-1-2-14-17-8-9-18-14)12-4-3-11-5-7-16-13(11)10-12/h3-5,7-10,16H,1-2,6H2,(H,17,18)(H,19,20). The maximum atomic E-state index is 12.0. The number of aromatic nitrogens is 3. The van der Waals surface area contributed by atoms with Crippen molar-refractivity contribution < 1.29 is 4.79 Å². The number of H-pyrrole nitrogens is 2. The summed E-state index contributed by atoms with van der Waals surface area (Å²) in [4.78, 5) is 22.3. The van der Waals surface area contributed by atoms with Gasteiger partial charge in [-0.15, -0.1) is 0 Å². The molecule has 102 valence electrons. The highest BCUT2D eigenvalue weighted by Crippen LogP contribution is 2.13. The zero-order valence-electron chi connectivity index (χ0n) is 11.0. The van der Waals surface area contributed by atoms with E-state index in [-0.39, 0.29) is 5.91 Å². The molecule has 0 aliphatic heterocycles. The summed E-state index contributed by atoms with van der Waals surface area (Å²) in [6.07, 6.45) is 7.11. The molecule has 0 radical (unpaired) electrons. The summed E-state index contributed by atoms with van der Waals surface area (Å²) in [5.41, 5.74) is 1.66. The number of rotatable bonds is 5. The van der Waals surface area contributed by atoms with E-state index in [9.17, 15) is 4.79 Å². The van der Waals surface area contributed by atoms with E-state index in [0.29, 0.717) is 12.1 Å². The molecule has 0 aliphatic carbocycles. The third-order valence-electron chi connectivity index (χ3n) is 3.25. The van der Waals surface area contributed by atoms with E-state index in [1.54, 1.807) is 12.4 Å². The molecule has 3 rings (SSSR count). The summed E-state index contributed by atoms with van der Waals surface area (Å²) < 4.78 is 0. The van der Waals surface area contributed by atoms with Gasteiger partial charge < -0.3 is 15.3 Å². The summed E-state index contributed by atoms with van der Waals surface area (Å²) in [5, 5.41) is 4.03. The van der Waals surface area contributed by atoms with Gasteiger partial charge in [-0.25, -0.2) is 4.98 Å². The number of aryl methyl sites for hydroxylation is 1. The molecule has 1 amide bonds. The zero-order chi connectivity index (χ0) is 13.8. The van der Waals surface area contributed by atoms with Gasteiger partial charge in [-0.05, 0) is 30.0 Å². The SMILES string of the molecule is O=C(NCCCc1ncc[nH]1)c1ccc2cc[nH]c2c1. The number of carbonyl (C=O) groups excluding carboxylic acids is 1. The average Bonchev–Trinajstić information content (AvgIpc) is 3.13. The molecule has 3 aromatic rings. The highest BCUT2D eigenvalue weighted by atomic mass is 16.1. The molecule has 5 nitrogen and oxygen atoms in total. The Bertz CT molecular complexity index is 700. The van der Waals surface area contributed by atoms with Gasteiger partial charge in [0.15, 0.2) is 0 Å². The number of nitrogens with zero attached hydrogens (tertiary/aromatic N) is 1. The first-order valence-corrected chi connectivity index (χ1v) is 6.66. The Morgan fingerprint density at radius 3 is 3.00 bits per heavy atom. The van der Waals surface area contributed by atoms with Crippen LogP contribution >= 0.6 is 0 Å². The first kappa shape index (κ1) is 12.5. The Balaban J connectivity index is 1.53. The molecule has 2 aromatic heterocycles. The molecule has 0 atom stereocenters. The second-order valence-corrected chi connectivity index (χ2v) is 4.68. The van der Waals surface area contributed by atoms with Crippen molar-refractivity contribution in [1.82, 2.24) is 20.3 Å². The van der Waals surface area contributed by atoms with Crippen LogP contribution in [0.15, 0.2) is 42.9 Å². The monoisotopic (exact) mass is 268 g/mol. The van der Waals surface area contributed by atoms with Gasteiger partial charge in [0.1, 0.15) is 5.82 Å². The van der Waals surface area contributed by atoms with Crippen molar-refractivity contribution >= 4 is 16.8 Å². The fourth-order valence-electron chi connectivity index (χ4n) is 2.18. The number of hydrogen-bond donors (Lipinski definition) is 3. The molecule has 5 heteroatoms. The zero-order valence-corrected chi connectivity index (χ0v) is 11.0. The van der Waals surface area contributed by atoms with Gasteiger partial charge in [0, 0.05) is 42.6 Å². The molecule has 20 heavy (non-hydrogen) atoms. The average molecular weight is 268 g/mol. The molecule has 3 N–H and O–H groups in total. The third kappa shape index (κ3) is 2.71. The van der Waals surface area contributed by atoms with Crippen molar-refractivity contribution in [3.05, 3.63) is 54.2 Å². The van der Waals surface area contributed by atoms with E-state index >= 15 is 0 Å². The highest BCUT2D eigenvalue weighted by molar-refractivity contribution is 5.97. The Morgan fingerprint density at radius 2 is 2.15 bits per heavy atom. The molecule has 0 aliphatic rings. The number of benzene rings is 1. The van der Waals surface area contributed by atoms with Gasteiger partial charge in [0.2, 0.25) is 0 Å². The van der Waals surface area contributed by atoms with Crippen LogP contribution in [-0.2, 0) is 6.42 Å². The maximum absolute atomic E-state index is 12.0. The minimum atomic E-state index is -0.0408. The Morgan fingerprint density at radius 1 is 1.20 bits per heavy atom. The van der Waals surface area contributed by atoms with Crippen LogP contribution < -0.4 is 5.32 Å². The van der Waals surface area contributed by atoms with Gasteiger partial charge in [0.05, 0.1) is 0 Å². The Labute approximate surface area is 116 Å². The van der Waals surface area contributed by atoms with E-state index in [1.165, 1.54) is 0 Å². The summed E-state index contributed by atoms with van der Waals surface area (Å²) >= 11 is 0. The molecule has 0 fully saturated rings. The van der Waals surface area contributed by atoms with E-state index in [1.807, 2.05) is 30.5 Å². The van der Waals surface area contributed by atoms with Crippen LogP contribution in [0.3, 0.4) is 0 Å². The van der Waals surface area contributed by atoms with Crippen molar-refractivity contribution in [2.75, 3.05) is 6.54 Å². The van der Waals surface area contributed by atoms with Crippen LogP contribution in [0.5, 0.6) is 0 Å². The summed E-state index contributed by atoms with van der Waals surface area (Å²) in [6.45, 7) is 0.641. The number of imidazole rings is 1. The van der Waals surface area contributed by atoms with Crippen molar-refractivity contribution in [3.63, 3.8) is 0 Å². The Kier molecular flexibility index (Phi) is 3.50. The van der Waals surface area contributed by atoms with Gasteiger partial charge in [-0.3, -0.25) is 4.79 Å². The topological polar surface area (TPSA) is 73.6 Å². The fraction of sp³-hybridized carbons (Fsp3) is 0.200. The van der Waals surface area contributed by atoms with Crippen LogP contribution in [0, 0.1) is 0 Å². The molecule has 0 saturated carbocycles. The molecular weight excluding hydrogens is 252 g/mol. The van der Waals surface area contributed by atoms with Crippen molar-refractivity contribution in [2.24, 2.45) is 0 Å². The number of hydrogen-bond acceptors (Lipinski definition) is 2. The largest absolute Gasteiger partial charge is 0.361 e. The Hall–Kier alpha value is -2.56. The second kappa shape index (κ2) is 5.61. The van der Waals surface area contributed by atoms with Crippen molar-refractivity contribution in [2.45, 2.75) is 12.8 Å². The molecule has 0 saturated heterocycles. The maximum Gasteiger partial charge on any atom is 0.251 e. The minimum absolute atomic E-state index is 0.0408. The number of aromatic amines is 2. The van der Waals surface area contributed by atoms with Gasteiger partial charge in [0.25, 0.3) is 5.91 Å². The van der Waals surface area contributed by atoms with E-state index in [2.05, 4.69) is 20.3 Å². The summed E-state index contributed by atoms with van der Waals surface area (Å²) in [5.74, 6) is 0.910. The van der Waals surface area contributed by atoms with Gasteiger partial charge in [-0.1, -0.05) is 6.07 Å². The van der Waals surface area contributed by atoms with Crippen LogP contribution in [0.4, 0.5) is 0 Å². The number of nitrogens with one attached hydrogen (secondary N) is 3. The predicted octanol–water partition coefficient (Wildman–Crippen LogP) is 2.25. The van der Waals surface area contributed by atoms with Crippen LogP contribution in [0.1, 0.15) is 22.6 Å². The minimum Gasteiger partial charge on any atom is -0.361 e. The summed E-state index contributed by atoms with van der Waals surface area (Å²) in [6, 6.07) is 7.65. The highest BCUT2D eigenvalue weighted by Gasteiger charge is 2.06. The van der Waals surface area contributed by atoms with Gasteiger partial charge in [-0.2, -0.15) is 0 Å². The number of amides is 1. The van der Waals surface area contributed by atoms with E-state index < -0.39 is 0 Å². The lowest BCUT2D eigenvalue weighted by molar-refractivity contribution is 0.0953. The first-order valence-electron chi connectivity index (χ1n) is 6.66. The van der Waals surface area contributed by atoms with Gasteiger partial charge >= 0.3 is 0 Å². The lowest BCUT2D eigenvalue weighted by atomic mass is 10.1. The fourth-order valence-corrected chi connectivity index (χ4v) is 2.18. The lowest BCUT2D eigenvalue weighted by Gasteiger charge is -2.04. The second-order valence-electron chi connectivity index (χ2n) is 4.68. The van der Waals surface area contributed by atoms with E-state index in [4.69, 9.17) is 0 Å². The smallest absolute Gasteiger partial charge is 0.251 e. The molecule has 0 spiro atoms. The van der Waals surface area contributed by atoms with Crippen molar-refractivity contribution in [1.29, 1.82) is 0 Å². The van der Waals surface area contributed by atoms with Crippen molar-refractivity contribution in [3.8, 4) is 0 Å². The molecule has 2 heterocycles. The van der Waals surface area contributed by atoms with Crippen LogP contribution in [-0.4, -0.2) is 27.4 Å². The number of fused-ring (bicyclic) bond motifs is 1. The third-order valence-corrected chi connectivity index (χ3v) is 3.25. The van der Waals surface area contributed by atoms with E-state index in [0.717, 1.165) is 29.6 Å². The number of carbonyl (C=O) groups is 1. The van der Waals surface area contributed by atoms with Crippen LogP contribution in [0.2, 0.25) is 0 Å². The normalized spacial score (nSPS) is 10.8. The molecule has 0 bridgehead atoms. The predicted molar refractivity (Wildman–Crippen MR) is 77.5 cm³/mol. The summed E-state index contributed by atoms with van der Waals surface area (Å²) in [7, 11) is 0. The molecule has 1 aromatic carbocycles. The lowest BCUT2D eigenvalue weighted by Crippen LogP contribution is -2.24. The quantitative estimate of drug-likeness (QED) is 0.621. The first-order chi connectivity index (χ1) is 9.83. The van der Waals surface area contributed by atoms with Crippen LogP contribution in [0.25, 0.3) is 10.9 Å².